The number of hydrogen-bond donors (Lipinski definition) is 0. The highest BCUT2D eigenvalue weighted by atomic mass is 31.2. The van der Waals surface area contributed by atoms with Crippen LogP contribution >= 0.6 is 6.89 Å². The van der Waals surface area contributed by atoms with Gasteiger partial charge in [0, 0.05) is 6.89 Å². The van der Waals surface area contributed by atoms with Crippen molar-refractivity contribution in [2.45, 2.75) is 0 Å². The highest BCUT2D eigenvalue weighted by Gasteiger charge is 2.34. The predicted octanol–water partition coefficient (Wildman–Crippen LogP) is 4.28. The third-order valence-corrected chi connectivity index (χ3v) is 9.19. The Balaban J connectivity index is 2.10. The standard InChI is InChI=1S/C27H20NO2P/c28-21-26(27(29)30-22-13-5-1-6-14-22)31(23-15-7-2-8-16-23,24-17-9-3-10-18-24)25-19-11-4-12-20-25/h1-20H. The van der Waals surface area contributed by atoms with E-state index in [1.807, 2.05) is 97.1 Å². The molecule has 0 radical (unpaired) electrons. The average Bonchev–Trinajstić information content (AvgIpc) is 2.84. The van der Waals surface area contributed by atoms with Crippen molar-refractivity contribution in [2.75, 3.05) is 0 Å². The van der Waals surface area contributed by atoms with Gasteiger partial charge in [-0.25, -0.2) is 4.79 Å². The van der Waals surface area contributed by atoms with Gasteiger partial charge in [-0.1, -0.05) is 109 Å². The average molecular weight is 421 g/mol. The fraction of sp³-hybridized carbons (Fsp3) is 0. The van der Waals surface area contributed by atoms with Crippen molar-refractivity contribution in [2.24, 2.45) is 0 Å². The lowest BCUT2D eigenvalue weighted by molar-refractivity contribution is -0.126. The Morgan fingerprint density at radius 3 is 1.32 bits per heavy atom. The fourth-order valence-electron chi connectivity index (χ4n) is 3.69. The van der Waals surface area contributed by atoms with Gasteiger partial charge in [0.15, 0.2) is 0 Å². The molecule has 0 bridgehead atoms. The van der Waals surface area contributed by atoms with Crippen molar-refractivity contribution in [3.8, 4) is 11.8 Å². The van der Waals surface area contributed by atoms with E-state index >= 15 is 0 Å². The summed E-state index contributed by atoms with van der Waals surface area (Å²) >= 11 is 0. The van der Waals surface area contributed by atoms with Crippen LogP contribution in [-0.2, 0) is 4.79 Å². The van der Waals surface area contributed by atoms with Crippen molar-refractivity contribution in [3.63, 3.8) is 0 Å². The molecule has 4 aromatic rings. The summed E-state index contributed by atoms with van der Waals surface area (Å²) in [5.74, 6) is -0.217. The van der Waals surface area contributed by atoms with Gasteiger partial charge >= 0.3 is 5.97 Å². The third kappa shape index (κ3) is 3.94. The summed E-state index contributed by atoms with van der Waals surface area (Å²) in [6.45, 7) is -2.78. The van der Waals surface area contributed by atoms with Crippen molar-refractivity contribution in [1.29, 1.82) is 5.26 Å². The maximum atomic E-state index is 13.5. The van der Waals surface area contributed by atoms with Gasteiger partial charge in [0.25, 0.3) is 0 Å². The second-order valence-electron chi connectivity index (χ2n) is 6.84. The van der Waals surface area contributed by atoms with Crippen molar-refractivity contribution < 1.29 is 9.53 Å². The molecule has 0 spiro atoms. The van der Waals surface area contributed by atoms with Gasteiger partial charge in [-0.05, 0) is 28.0 Å². The van der Waals surface area contributed by atoms with Gasteiger partial charge < -0.3 is 4.74 Å². The van der Waals surface area contributed by atoms with Crippen LogP contribution in [0.5, 0.6) is 5.75 Å². The number of esters is 1. The SMILES string of the molecule is N#CC(C(=O)Oc1ccccc1)=P(c1ccccc1)(c1ccccc1)c1ccccc1. The Labute approximate surface area is 182 Å². The monoisotopic (exact) mass is 421 g/mol. The molecule has 150 valence electrons. The molecular formula is C27H20NO2P. The first-order valence-electron chi connectivity index (χ1n) is 9.87. The number of ether oxygens (including phenoxy) is 1. The molecule has 0 fully saturated rings. The fourth-order valence-corrected chi connectivity index (χ4v) is 7.69. The van der Waals surface area contributed by atoms with E-state index in [0.717, 1.165) is 15.9 Å². The summed E-state index contributed by atoms with van der Waals surface area (Å²) in [5.41, 5.74) is 0. The molecule has 4 rings (SSSR count). The van der Waals surface area contributed by atoms with Crippen LogP contribution in [0.4, 0.5) is 0 Å². The van der Waals surface area contributed by atoms with Gasteiger partial charge in [0.05, 0.1) is 0 Å². The van der Waals surface area contributed by atoms with E-state index in [4.69, 9.17) is 4.74 Å². The van der Waals surface area contributed by atoms with Crippen molar-refractivity contribution in [3.05, 3.63) is 121 Å². The first-order valence-corrected chi connectivity index (χ1v) is 11.7. The lowest BCUT2D eigenvalue weighted by Crippen LogP contribution is -2.34. The molecule has 0 atom stereocenters. The Bertz CT molecular complexity index is 1160. The van der Waals surface area contributed by atoms with Crippen LogP contribution in [-0.4, -0.2) is 11.3 Å². The minimum absolute atomic E-state index is 0.111. The minimum Gasteiger partial charge on any atom is -0.422 e. The zero-order valence-electron chi connectivity index (χ0n) is 16.8. The molecule has 0 aliphatic heterocycles. The lowest BCUT2D eigenvalue weighted by atomic mass is 10.3. The Morgan fingerprint density at radius 1 is 0.613 bits per heavy atom. The summed E-state index contributed by atoms with van der Waals surface area (Å²) < 4.78 is 5.67. The highest BCUT2D eigenvalue weighted by Crippen LogP contribution is 2.46. The molecule has 0 heterocycles. The van der Waals surface area contributed by atoms with Gasteiger partial charge in [-0.15, -0.1) is 0 Å². The minimum atomic E-state index is -2.78. The molecule has 0 amide bonds. The van der Waals surface area contributed by atoms with E-state index in [9.17, 15) is 10.1 Å². The van der Waals surface area contributed by atoms with Crippen LogP contribution in [0.2, 0.25) is 0 Å². The second-order valence-corrected chi connectivity index (χ2v) is 10.2. The Morgan fingerprint density at radius 2 is 0.968 bits per heavy atom. The number of carbonyl (C=O) groups is 1. The number of benzene rings is 4. The summed E-state index contributed by atoms with van der Waals surface area (Å²) in [6.07, 6.45) is 0. The maximum absolute atomic E-state index is 13.5. The molecule has 0 saturated carbocycles. The second kappa shape index (κ2) is 9.30. The van der Waals surface area contributed by atoms with E-state index in [1.165, 1.54) is 0 Å². The molecule has 4 heteroatoms. The highest BCUT2D eigenvalue weighted by molar-refractivity contribution is 7.96. The van der Waals surface area contributed by atoms with E-state index in [2.05, 4.69) is 6.07 Å². The smallest absolute Gasteiger partial charge is 0.355 e. The molecule has 0 N–H and O–H groups in total. The molecule has 0 aliphatic carbocycles. The van der Waals surface area contributed by atoms with Crippen LogP contribution in [0.3, 0.4) is 0 Å². The van der Waals surface area contributed by atoms with Gasteiger partial charge in [0.2, 0.25) is 0 Å². The first kappa shape index (κ1) is 20.4. The molecule has 0 saturated heterocycles. The van der Waals surface area contributed by atoms with Gasteiger partial charge in [-0.2, -0.15) is 5.26 Å². The number of nitrogens with zero attached hydrogens (tertiary/aromatic N) is 1. The Kier molecular flexibility index (Phi) is 6.13. The van der Waals surface area contributed by atoms with Crippen molar-refractivity contribution in [1.82, 2.24) is 0 Å². The van der Waals surface area contributed by atoms with Crippen molar-refractivity contribution >= 4 is 34.1 Å². The largest absolute Gasteiger partial charge is 0.422 e. The van der Waals surface area contributed by atoms with Crippen LogP contribution in [0.1, 0.15) is 0 Å². The topological polar surface area (TPSA) is 50.1 Å². The summed E-state index contributed by atoms with van der Waals surface area (Å²) in [4.78, 5) is 13.5. The number of nitriles is 1. The Hall–Kier alpha value is -3.86. The summed E-state index contributed by atoms with van der Waals surface area (Å²) in [7, 11) is 0. The van der Waals surface area contributed by atoms with Crippen LogP contribution in [0, 0.1) is 11.3 Å². The molecule has 0 aromatic heterocycles. The first-order chi connectivity index (χ1) is 15.3. The molecule has 0 unspecified atom stereocenters. The maximum Gasteiger partial charge on any atom is 0.355 e. The molecule has 3 nitrogen and oxygen atoms in total. The van der Waals surface area contributed by atoms with Crippen LogP contribution in [0.15, 0.2) is 121 Å². The van der Waals surface area contributed by atoms with Crippen LogP contribution in [0.25, 0.3) is 0 Å². The zero-order valence-corrected chi connectivity index (χ0v) is 17.7. The number of rotatable bonds is 5. The van der Waals surface area contributed by atoms with E-state index < -0.39 is 12.9 Å². The van der Waals surface area contributed by atoms with Crippen LogP contribution < -0.4 is 20.7 Å². The zero-order chi connectivity index (χ0) is 21.5. The molecular weight excluding hydrogens is 401 g/mol. The normalized spacial score (nSPS) is 10.7. The van der Waals surface area contributed by atoms with Gasteiger partial charge in [0.1, 0.15) is 17.1 Å². The summed E-state index contributed by atoms with van der Waals surface area (Å²) in [5, 5.41) is 13.2. The van der Waals surface area contributed by atoms with E-state index in [1.54, 1.807) is 24.3 Å². The number of hydrogen-bond acceptors (Lipinski definition) is 3. The van der Waals surface area contributed by atoms with Gasteiger partial charge in [-0.3, -0.25) is 0 Å². The molecule has 0 aliphatic rings. The van der Waals surface area contributed by atoms with E-state index in [-0.39, 0.29) is 5.29 Å². The third-order valence-electron chi connectivity index (χ3n) is 5.02. The van der Waals surface area contributed by atoms with E-state index in [0.29, 0.717) is 5.75 Å². The quantitative estimate of drug-likeness (QED) is 0.275. The number of carbonyl (C=O) groups excluding carboxylic acids is 1. The molecule has 31 heavy (non-hydrogen) atoms. The number of para-hydroxylation sites is 1. The summed E-state index contributed by atoms with van der Waals surface area (Å²) in [6, 6.07) is 40.5. The molecule has 4 aromatic carbocycles. The predicted molar refractivity (Wildman–Crippen MR) is 128 cm³/mol. The lowest BCUT2D eigenvalue weighted by Gasteiger charge is -2.29.